The number of nitrogens with zero attached hydrogens (tertiary/aromatic N) is 8. The van der Waals surface area contributed by atoms with Gasteiger partial charge >= 0.3 is 0 Å². The summed E-state index contributed by atoms with van der Waals surface area (Å²) >= 11 is 0. The van der Waals surface area contributed by atoms with E-state index in [1.165, 1.54) is 0 Å². The lowest BCUT2D eigenvalue weighted by atomic mass is 9.83. The lowest BCUT2D eigenvalue weighted by molar-refractivity contribution is -0.0139. The molecule has 0 spiro atoms. The molecule has 2 saturated heterocycles. The van der Waals surface area contributed by atoms with Gasteiger partial charge in [-0.3, -0.25) is 9.47 Å². The number of aliphatic hydroxyl groups is 2. The van der Waals surface area contributed by atoms with E-state index in [9.17, 15) is 10.2 Å². The van der Waals surface area contributed by atoms with Crippen LogP contribution >= 0.6 is 0 Å². The predicted octanol–water partition coefficient (Wildman–Crippen LogP) is 2.06. The number of hydrogen-bond acceptors (Lipinski definition) is 9. The average Bonchev–Trinajstić information content (AvgIpc) is 3.45. The summed E-state index contributed by atoms with van der Waals surface area (Å²) in [4.78, 5) is 24.6. The van der Waals surface area contributed by atoms with Crippen molar-refractivity contribution in [2.45, 2.75) is 45.3 Å². The Hall–Kier alpha value is -3.12. The molecule has 0 radical (unpaired) electrons. The first-order chi connectivity index (χ1) is 18.8. The Labute approximate surface area is 228 Å². The van der Waals surface area contributed by atoms with Crippen molar-refractivity contribution in [2.24, 2.45) is 13.0 Å². The van der Waals surface area contributed by atoms with Crippen LogP contribution in [0, 0.1) is 5.92 Å². The largest absolute Gasteiger partial charge is 0.396 e. The highest BCUT2D eigenvalue weighted by Gasteiger charge is 2.31. The van der Waals surface area contributed by atoms with Crippen molar-refractivity contribution in [1.82, 2.24) is 34.0 Å². The fourth-order valence-corrected chi connectivity index (χ4v) is 5.88. The summed E-state index contributed by atoms with van der Waals surface area (Å²) in [5.41, 5.74) is 2.67. The number of benzene rings is 1. The Bertz CT molecular complexity index is 1460. The van der Waals surface area contributed by atoms with Gasteiger partial charge in [-0.2, -0.15) is 9.97 Å². The highest BCUT2D eigenvalue weighted by molar-refractivity contribution is 5.86. The summed E-state index contributed by atoms with van der Waals surface area (Å²) in [7, 11) is 2.02. The van der Waals surface area contributed by atoms with Crippen LogP contribution in [-0.4, -0.2) is 95.8 Å². The van der Waals surface area contributed by atoms with Crippen LogP contribution in [0.15, 0.2) is 24.3 Å². The molecule has 2 aliphatic rings. The number of ether oxygens (including phenoxy) is 1. The Morgan fingerprint density at radius 3 is 2.44 bits per heavy atom. The van der Waals surface area contributed by atoms with Gasteiger partial charge in [-0.15, -0.1) is 0 Å². The molecule has 0 atom stereocenters. The van der Waals surface area contributed by atoms with Crippen LogP contribution in [0.25, 0.3) is 28.1 Å². The molecule has 39 heavy (non-hydrogen) atoms. The first-order valence-electron chi connectivity index (χ1n) is 13.9. The number of aromatic nitrogens is 6. The molecular formula is C28H38N8O3. The van der Waals surface area contributed by atoms with E-state index in [1.807, 2.05) is 49.7 Å². The summed E-state index contributed by atoms with van der Waals surface area (Å²) < 4.78 is 9.67. The maximum Gasteiger partial charge on any atom is 0.239 e. The van der Waals surface area contributed by atoms with Crippen LogP contribution in [0.2, 0.25) is 0 Å². The predicted molar refractivity (Wildman–Crippen MR) is 149 cm³/mol. The van der Waals surface area contributed by atoms with Gasteiger partial charge in [-0.1, -0.05) is 12.1 Å². The van der Waals surface area contributed by atoms with Crippen molar-refractivity contribution < 1.29 is 14.9 Å². The Kier molecular flexibility index (Phi) is 7.00. The van der Waals surface area contributed by atoms with Crippen LogP contribution in [0.4, 0.5) is 5.82 Å². The van der Waals surface area contributed by atoms with Gasteiger partial charge in [0.25, 0.3) is 0 Å². The summed E-state index contributed by atoms with van der Waals surface area (Å²) in [6, 6.07) is 7.92. The van der Waals surface area contributed by atoms with E-state index >= 15 is 0 Å². The Morgan fingerprint density at radius 1 is 0.974 bits per heavy atom. The summed E-state index contributed by atoms with van der Waals surface area (Å²) in [5.74, 6) is 3.31. The molecule has 0 saturated carbocycles. The van der Waals surface area contributed by atoms with Gasteiger partial charge in [0.05, 0.1) is 43.0 Å². The number of rotatable bonds is 7. The van der Waals surface area contributed by atoms with Crippen molar-refractivity contribution >= 4 is 28.0 Å². The molecule has 0 amide bonds. The zero-order valence-corrected chi connectivity index (χ0v) is 23.0. The molecule has 0 unspecified atom stereocenters. The van der Waals surface area contributed by atoms with Crippen molar-refractivity contribution in [3.05, 3.63) is 35.9 Å². The van der Waals surface area contributed by atoms with Crippen LogP contribution in [-0.2, 0) is 24.8 Å². The molecule has 2 N–H and O–H groups in total. The third-order valence-electron chi connectivity index (χ3n) is 8.21. The minimum Gasteiger partial charge on any atom is -0.396 e. The number of para-hydroxylation sites is 2. The highest BCUT2D eigenvalue weighted by Crippen LogP contribution is 2.31. The zero-order valence-electron chi connectivity index (χ0n) is 23.0. The molecule has 11 heteroatoms. The lowest BCUT2D eigenvalue weighted by Gasteiger charge is -2.37. The van der Waals surface area contributed by atoms with E-state index in [0.717, 1.165) is 78.7 Å². The van der Waals surface area contributed by atoms with E-state index in [4.69, 9.17) is 24.7 Å². The molecule has 2 aliphatic heterocycles. The maximum absolute atomic E-state index is 10.5. The van der Waals surface area contributed by atoms with Crippen molar-refractivity contribution in [3.8, 4) is 5.95 Å². The number of piperidine rings is 1. The van der Waals surface area contributed by atoms with E-state index in [1.54, 1.807) is 0 Å². The second-order valence-corrected chi connectivity index (χ2v) is 11.2. The van der Waals surface area contributed by atoms with E-state index < -0.39 is 5.60 Å². The standard InChI is InChI=1S/C28H38N8O3/c1-28(2,38)19-8-11-34(12-9-19)18-23-30-24-25(33(23)3)31-27(32-26(24)35-13-16-39-17-14-35)36-21-7-5-4-6-20(21)29-22(36)10-15-37/h4-7,19,37-38H,8-18H2,1-3H3. The summed E-state index contributed by atoms with van der Waals surface area (Å²) in [6.07, 6.45) is 2.34. The van der Waals surface area contributed by atoms with E-state index in [0.29, 0.717) is 38.0 Å². The molecule has 11 nitrogen and oxygen atoms in total. The van der Waals surface area contributed by atoms with Gasteiger partial charge in [-0.05, 0) is 57.8 Å². The molecule has 5 heterocycles. The van der Waals surface area contributed by atoms with Crippen LogP contribution in [0.3, 0.4) is 0 Å². The smallest absolute Gasteiger partial charge is 0.239 e. The highest BCUT2D eigenvalue weighted by atomic mass is 16.5. The molecule has 0 bridgehead atoms. The van der Waals surface area contributed by atoms with E-state index in [-0.39, 0.29) is 6.61 Å². The number of imidazole rings is 2. The second kappa shape index (κ2) is 10.5. The second-order valence-electron chi connectivity index (χ2n) is 11.2. The number of hydrogen-bond donors (Lipinski definition) is 2. The first-order valence-corrected chi connectivity index (χ1v) is 13.9. The SMILES string of the molecule is Cn1c(CN2CCC(C(C)(C)O)CC2)nc2c(N3CCOCC3)nc(-n3c(CCO)nc4ccccc43)nc21. The zero-order chi connectivity index (χ0) is 27.1. The minimum atomic E-state index is -0.643. The Morgan fingerprint density at radius 2 is 1.72 bits per heavy atom. The molecule has 4 aromatic rings. The van der Waals surface area contributed by atoms with Crippen molar-refractivity contribution in [2.75, 3.05) is 50.9 Å². The summed E-state index contributed by atoms with van der Waals surface area (Å²) in [5, 5.41) is 20.2. The van der Waals surface area contributed by atoms with Gasteiger partial charge in [-0.25, -0.2) is 9.97 Å². The monoisotopic (exact) mass is 534 g/mol. The summed E-state index contributed by atoms with van der Waals surface area (Å²) in [6.45, 7) is 9.13. The molecule has 0 aliphatic carbocycles. The van der Waals surface area contributed by atoms with Crippen LogP contribution in [0.1, 0.15) is 38.3 Å². The number of likely N-dealkylation sites (tertiary alicyclic amines) is 1. The molecular weight excluding hydrogens is 496 g/mol. The number of aryl methyl sites for hydroxylation is 1. The number of anilines is 1. The van der Waals surface area contributed by atoms with Crippen LogP contribution < -0.4 is 4.90 Å². The van der Waals surface area contributed by atoms with Gasteiger partial charge in [0.15, 0.2) is 17.0 Å². The van der Waals surface area contributed by atoms with Gasteiger partial charge < -0.3 is 24.4 Å². The third kappa shape index (κ3) is 5.00. The first kappa shape index (κ1) is 26.1. The molecule has 208 valence electrons. The minimum absolute atomic E-state index is 0.0120. The lowest BCUT2D eigenvalue weighted by Crippen LogP contribution is -2.41. The number of fused-ring (bicyclic) bond motifs is 2. The molecule has 1 aromatic carbocycles. The fourth-order valence-electron chi connectivity index (χ4n) is 5.88. The van der Waals surface area contributed by atoms with E-state index in [2.05, 4.69) is 14.4 Å². The van der Waals surface area contributed by atoms with Gasteiger partial charge in [0.1, 0.15) is 11.6 Å². The normalized spacial score (nSPS) is 18.0. The number of morpholine rings is 1. The molecule has 3 aromatic heterocycles. The van der Waals surface area contributed by atoms with Crippen molar-refractivity contribution in [1.29, 1.82) is 0 Å². The molecule has 6 rings (SSSR count). The third-order valence-corrected chi connectivity index (χ3v) is 8.21. The maximum atomic E-state index is 10.5. The quantitative estimate of drug-likeness (QED) is 0.367. The molecule has 2 fully saturated rings. The van der Waals surface area contributed by atoms with Crippen LogP contribution in [0.5, 0.6) is 0 Å². The Balaban J connectivity index is 1.42. The van der Waals surface area contributed by atoms with Crippen molar-refractivity contribution in [3.63, 3.8) is 0 Å². The van der Waals surface area contributed by atoms with Gasteiger partial charge in [0, 0.05) is 26.6 Å². The average molecular weight is 535 g/mol. The number of aliphatic hydroxyl groups excluding tert-OH is 1. The fraction of sp³-hybridized carbons (Fsp3) is 0.571. The van der Waals surface area contributed by atoms with Gasteiger partial charge in [0.2, 0.25) is 5.95 Å². The topological polar surface area (TPSA) is 118 Å².